The van der Waals surface area contributed by atoms with E-state index in [1.165, 1.54) is 10.8 Å². The van der Waals surface area contributed by atoms with Crippen molar-refractivity contribution in [1.29, 1.82) is 0 Å². The summed E-state index contributed by atoms with van der Waals surface area (Å²) >= 11 is 0. The van der Waals surface area contributed by atoms with Gasteiger partial charge in [0.05, 0.1) is 0 Å². The minimum atomic E-state index is 0.962. The van der Waals surface area contributed by atoms with Gasteiger partial charge in [0, 0.05) is 22.5 Å². The van der Waals surface area contributed by atoms with E-state index in [-0.39, 0.29) is 0 Å². The Kier molecular flexibility index (Phi) is 2.68. The fourth-order valence-electron chi connectivity index (χ4n) is 1.68. The molecule has 76 valence electrons. The maximum Gasteiger partial charge on any atom is 0.138 e. The van der Waals surface area contributed by atoms with Crippen LogP contribution in [0.1, 0.15) is 13.8 Å². The van der Waals surface area contributed by atoms with Crippen molar-refractivity contribution in [3.8, 4) is 0 Å². The quantitative estimate of drug-likeness (QED) is 0.585. The van der Waals surface area contributed by atoms with E-state index in [4.69, 9.17) is 0 Å². The highest BCUT2D eigenvalue weighted by Gasteiger charge is 2.01. The van der Waals surface area contributed by atoms with E-state index in [1.807, 2.05) is 32.0 Å². The molecule has 0 unspecified atom stereocenters. The van der Waals surface area contributed by atoms with Gasteiger partial charge in [-0.2, -0.15) is 0 Å². The number of rotatable bonds is 0. The van der Waals surface area contributed by atoms with Gasteiger partial charge in [0.2, 0.25) is 0 Å². The van der Waals surface area contributed by atoms with Crippen molar-refractivity contribution < 1.29 is 0 Å². The number of pyridine rings is 1. The number of hydrogen-bond acceptors (Lipinski definition) is 1. The molecule has 0 atom stereocenters. The first-order chi connectivity index (χ1) is 7.45. The monoisotopic (exact) mass is 198 g/mol. The Hall–Kier alpha value is -1.83. The molecule has 2 heterocycles. The van der Waals surface area contributed by atoms with Crippen LogP contribution in [0.15, 0.2) is 42.6 Å². The maximum absolute atomic E-state index is 4.26. The zero-order valence-corrected chi connectivity index (χ0v) is 8.99. The average molecular weight is 198 g/mol. The molecular formula is C13H14N2. The van der Waals surface area contributed by atoms with Gasteiger partial charge >= 0.3 is 0 Å². The third kappa shape index (κ3) is 1.59. The van der Waals surface area contributed by atoms with Gasteiger partial charge in [0.25, 0.3) is 0 Å². The molecule has 0 spiro atoms. The lowest BCUT2D eigenvalue weighted by Gasteiger charge is -1.87. The number of aromatic amines is 1. The molecule has 0 amide bonds. The van der Waals surface area contributed by atoms with Crippen LogP contribution in [0, 0.1) is 0 Å². The summed E-state index contributed by atoms with van der Waals surface area (Å²) in [6.07, 6.45) is 1.80. The summed E-state index contributed by atoms with van der Waals surface area (Å²) in [5, 5.41) is 2.43. The summed E-state index contributed by atoms with van der Waals surface area (Å²) in [6, 6.07) is 12.3. The zero-order valence-electron chi connectivity index (χ0n) is 8.99. The van der Waals surface area contributed by atoms with Crippen molar-refractivity contribution in [3.63, 3.8) is 0 Å². The predicted octanol–water partition coefficient (Wildman–Crippen LogP) is 3.74. The molecule has 2 heteroatoms. The molecule has 0 saturated carbocycles. The standard InChI is InChI=1S/C11H8N2.C2H6/c1-2-6-10-8(4-1)9-5-3-7-12-11(9)13-10;1-2/h1-7H,(H,12,13);1-2H3. The summed E-state index contributed by atoms with van der Waals surface area (Å²) in [4.78, 5) is 7.53. The van der Waals surface area contributed by atoms with E-state index < -0.39 is 0 Å². The number of fused-ring (bicyclic) bond motifs is 3. The molecule has 0 radical (unpaired) electrons. The number of para-hydroxylation sites is 1. The summed E-state index contributed by atoms with van der Waals surface area (Å²) < 4.78 is 0. The highest BCUT2D eigenvalue weighted by molar-refractivity contribution is 6.05. The lowest BCUT2D eigenvalue weighted by molar-refractivity contribution is 1.35. The van der Waals surface area contributed by atoms with Crippen LogP contribution in [0.2, 0.25) is 0 Å². The maximum atomic E-state index is 4.26. The smallest absolute Gasteiger partial charge is 0.138 e. The minimum absolute atomic E-state index is 0.962. The highest BCUT2D eigenvalue weighted by Crippen LogP contribution is 2.22. The van der Waals surface area contributed by atoms with E-state index in [1.54, 1.807) is 6.20 Å². The fourth-order valence-corrected chi connectivity index (χ4v) is 1.68. The topological polar surface area (TPSA) is 28.7 Å². The van der Waals surface area contributed by atoms with Crippen molar-refractivity contribution >= 4 is 21.9 Å². The van der Waals surface area contributed by atoms with Crippen LogP contribution in [0.4, 0.5) is 0 Å². The molecule has 0 fully saturated rings. The van der Waals surface area contributed by atoms with E-state index >= 15 is 0 Å². The highest BCUT2D eigenvalue weighted by atomic mass is 14.8. The first kappa shape index (κ1) is 9.71. The number of benzene rings is 1. The number of nitrogens with one attached hydrogen (secondary N) is 1. The summed E-state index contributed by atoms with van der Waals surface area (Å²) in [7, 11) is 0. The Labute approximate surface area is 89.0 Å². The van der Waals surface area contributed by atoms with Crippen LogP contribution in [-0.4, -0.2) is 9.97 Å². The van der Waals surface area contributed by atoms with Gasteiger partial charge in [0.15, 0.2) is 0 Å². The van der Waals surface area contributed by atoms with E-state index in [9.17, 15) is 0 Å². The van der Waals surface area contributed by atoms with Crippen molar-refractivity contribution in [2.75, 3.05) is 0 Å². The minimum Gasteiger partial charge on any atom is -0.339 e. The normalized spacial score (nSPS) is 10.0. The Bertz CT molecular complexity index is 516. The molecule has 1 N–H and O–H groups in total. The van der Waals surface area contributed by atoms with Crippen LogP contribution in [0.5, 0.6) is 0 Å². The largest absolute Gasteiger partial charge is 0.339 e. The van der Waals surface area contributed by atoms with Crippen LogP contribution in [0.25, 0.3) is 21.9 Å². The van der Waals surface area contributed by atoms with Gasteiger partial charge in [-0.3, -0.25) is 0 Å². The summed E-state index contributed by atoms with van der Waals surface area (Å²) in [5.41, 5.74) is 2.11. The van der Waals surface area contributed by atoms with E-state index in [0.29, 0.717) is 0 Å². The van der Waals surface area contributed by atoms with Crippen LogP contribution in [-0.2, 0) is 0 Å². The molecule has 2 nitrogen and oxygen atoms in total. The Morgan fingerprint density at radius 1 is 0.933 bits per heavy atom. The van der Waals surface area contributed by atoms with Gasteiger partial charge in [-0.25, -0.2) is 4.98 Å². The second-order valence-electron chi connectivity index (χ2n) is 3.07. The van der Waals surface area contributed by atoms with Gasteiger partial charge < -0.3 is 4.98 Å². The predicted molar refractivity (Wildman–Crippen MR) is 64.9 cm³/mol. The molecule has 0 bridgehead atoms. The average Bonchev–Trinajstić information content (AvgIpc) is 2.70. The lowest BCUT2D eigenvalue weighted by atomic mass is 10.2. The fraction of sp³-hybridized carbons (Fsp3) is 0.154. The Balaban J connectivity index is 0.000000404. The molecule has 2 aromatic heterocycles. The van der Waals surface area contributed by atoms with E-state index in [2.05, 4.69) is 28.2 Å². The number of H-pyrrole nitrogens is 1. The first-order valence-electron chi connectivity index (χ1n) is 5.26. The van der Waals surface area contributed by atoms with Crippen molar-refractivity contribution in [2.45, 2.75) is 13.8 Å². The van der Waals surface area contributed by atoms with Gasteiger partial charge in [-0.15, -0.1) is 0 Å². The third-order valence-corrected chi connectivity index (χ3v) is 2.28. The second-order valence-corrected chi connectivity index (χ2v) is 3.07. The third-order valence-electron chi connectivity index (χ3n) is 2.28. The van der Waals surface area contributed by atoms with Crippen LogP contribution < -0.4 is 0 Å². The Morgan fingerprint density at radius 2 is 1.67 bits per heavy atom. The molecule has 3 rings (SSSR count). The van der Waals surface area contributed by atoms with Crippen LogP contribution in [0.3, 0.4) is 0 Å². The zero-order chi connectivity index (χ0) is 10.7. The number of nitrogens with zero attached hydrogens (tertiary/aromatic N) is 1. The molecule has 0 saturated heterocycles. The summed E-state index contributed by atoms with van der Waals surface area (Å²) in [6.45, 7) is 4.00. The molecule has 15 heavy (non-hydrogen) atoms. The van der Waals surface area contributed by atoms with Gasteiger partial charge in [-0.05, 0) is 18.2 Å². The molecule has 3 aromatic rings. The molecule has 1 aromatic carbocycles. The lowest BCUT2D eigenvalue weighted by Crippen LogP contribution is -1.71. The number of aromatic nitrogens is 2. The molecule has 0 aliphatic rings. The van der Waals surface area contributed by atoms with Crippen molar-refractivity contribution in [3.05, 3.63) is 42.6 Å². The van der Waals surface area contributed by atoms with Crippen LogP contribution >= 0.6 is 0 Å². The van der Waals surface area contributed by atoms with Gasteiger partial charge in [0.1, 0.15) is 5.65 Å². The first-order valence-corrected chi connectivity index (χ1v) is 5.26. The van der Waals surface area contributed by atoms with Crippen molar-refractivity contribution in [2.24, 2.45) is 0 Å². The SMILES string of the molecule is CC.c1ccc2c(c1)[nH]c1ncccc12. The molecular weight excluding hydrogens is 184 g/mol. The Morgan fingerprint density at radius 3 is 2.53 bits per heavy atom. The van der Waals surface area contributed by atoms with E-state index in [0.717, 1.165) is 11.2 Å². The molecule has 0 aliphatic carbocycles. The van der Waals surface area contributed by atoms with Crippen molar-refractivity contribution in [1.82, 2.24) is 9.97 Å². The van der Waals surface area contributed by atoms with Gasteiger partial charge in [-0.1, -0.05) is 32.0 Å². The molecule has 0 aliphatic heterocycles. The second kappa shape index (κ2) is 4.13. The number of hydrogen-bond donors (Lipinski definition) is 1. The summed E-state index contributed by atoms with van der Waals surface area (Å²) in [5.74, 6) is 0.